The van der Waals surface area contributed by atoms with Gasteiger partial charge in [0.2, 0.25) is 0 Å². The summed E-state index contributed by atoms with van der Waals surface area (Å²) in [5.41, 5.74) is 0.437. The van der Waals surface area contributed by atoms with Gasteiger partial charge in [-0.1, -0.05) is 24.3 Å². The van der Waals surface area contributed by atoms with Gasteiger partial charge < -0.3 is 19.9 Å². The van der Waals surface area contributed by atoms with E-state index in [4.69, 9.17) is 4.74 Å². The highest BCUT2D eigenvalue weighted by Crippen LogP contribution is 2.30. The summed E-state index contributed by atoms with van der Waals surface area (Å²) < 4.78 is 48.2. The van der Waals surface area contributed by atoms with Crippen LogP contribution in [0.1, 0.15) is 29.7 Å². The number of methoxy groups -OCH3 is 1. The zero-order valence-corrected chi connectivity index (χ0v) is 16.2. The zero-order valence-electron chi connectivity index (χ0n) is 16.2. The molecule has 0 aromatic heterocycles. The molecule has 2 aromatic carbocycles. The summed E-state index contributed by atoms with van der Waals surface area (Å²) in [6, 6.07) is 11.9. The van der Waals surface area contributed by atoms with Gasteiger partial charge in [-0.25, -0.2) is 4.79 Å². The Balaban J connectivity index is 1.83. The molecule has 5 nitrogen and oxygen atoms in total. The van der Waals surface area contributed by atoms with Gasteiger partial charge in [0, 0.05) is 12.6 Å². The van der Waals surface area contributed by atoms with Crippen LogP contribution in [0.3, 0.4) is 0 Å². The third-order valence-corrected chi connectivity index (χ3v) is 4.31. The van der Waals surface area contributed by atoms with Gasteiger partial charge >= 0.3 is 12.1 Å². The number of ether oxygens (including phenoxy) is 2. The molecule has 0 amide bonds. The fraction of sp³-hybridized carbons (Fsp3) is 0.381. The van der Waals surface area contributed by atoms with Crippen LogP contribution in [0.15, 0.2) is 48.5 Å². The maximum atomic E-state index is 12.8. The van der Waals surface area contributed by atoms with E-state index in [2.05, 4.69) is 10.1 Å². The van der Waals surface area contributed by atoms with Crippen molar-refractivity contribution in [3.8, 4) is 5.75 Å². The molecule has 0 spiro atoms. The molecule has 0 aliphatic heterocycles. The van der Waals surface area contributed by atoms with Gasteiger partial charge in [0.25, 0.3) is 0 Å². The minimum atomic E-state index is -4.44. The SMILES string of the molecule is COC(=O)COc1ccc(CC(C)NCC(O)c2cccc(C(F)(F)F)c2)cc1. The highest BCUT2D eigenvalue weighted by molar-refractivity contribution is 5.70. The number of carbonyl (C=O) groups excluding carboxylic acids is 1. The fourth-order valence-corrected chi connectivity index (χ4v) is 2.70. The first-order valence-electron chi connectivity index (χ1n) is 9.06. The molecular weight excluding hydrogens is 387 g/mol. The van der Waals surface area contributed by atoms with E-state index in [1.807, 2.05) is 19.1 Å². The highest BCUT2D eigenvalue weighted by atomic mass is 19.4. The number of benzene rings is 2. The summed E-state index contributed by atoms with van der Waals surface area (Å²) in [5, 5.41) is 13.3. The molecule has 0 aliphatic rings. The molecule has 2 N–H and O–H groups in total. The topological polar surface area (TPSA) is 67.8 Å². The Kier molecular flexibility index (Phi) is 8.04. The summed E-state index contributed by atoms with van der Waals surface area (Å²) >= 11 is 0. The Bertz CT molecular complexity index is 793. The van der Waals surface area contributed by atoms with Crippen molar-refractivity contribution in [1.29, 1.82) is 0 Å². The second kappa shape index (κ2) is 10.3. The van der Waals surface area contributed by atoms with Crippen LogP contribution in [0, 0.1) is 0 Å². The summed E-state index contributed by atoms with van der Waals surface area (Å²) in [4.78, 5) is 11.1. The number of aliphatic hydroxyl groups is 1. The molecule has 0 saturated heterocycles. The van der Waals surface area contributed by atoms with Crippen LogP contribution in [-0.2, 0) is 22.1 Å². The molecule has 29 heavy (non-hydrogen) atoms. The average Bonchev–Trinajstić information content (AvgIpc) is 2.70. The van der Waals surface area contributed by atoms with Crippen LogP contribution in [0.25, 0.3) is 0 Å². The lowest BCUT2D eigenvalue weighted by atomic mass is 10.0. The van der Waals surface area contributed by atoms with Crippen molar-refractivity contribution < 1.29 is 32.5 Å². The molecule has 0 heterocycles. The van der Waals surface area contributed by atoms with Gasteiger partial charge in [-0.3, -0.25) is 0 Å². The number of halogens is 3. The Labute approximate surface area is 167 Å². The Morgan fingerprint density at radius 3 is 2.48 bits per heavy atom. The lowest BCUT2D eigenvalue weighted by molar-refractivity contribution is -0.143. The van der Waals surface area contributed by atoms with E-state index < -0.39 is 23.8 Å². The molecule has 0 saturated carbocycles. The Morgan fingerprint density at radius 2 is 1.86 bits per heavy atom. The number of rotatable bonds is 9. The first-order chi connectivity index (χ1) is 13.7. The molecule has 2 rings (SSSR count). The van der Waals surface area contributed by atoms with Crippen LogP contribution in [0.4, 0.5) is 13.2 Å². The third-order valence-electron chi connectivity index (χ3n) is 4.31. The highest BCUT2D eigenvalue weighted by Gasteiger charge is 2.30. The fourth-order valence-electron chi connectivity index (χ4n) is 2.70. The molecule has 0 fully saturated rings. The number of hydrogen-bond donors (Lipinski definition) is 2. The van der Waals surface area contributed by atoms with Crippen molar-refractivity contribution in [2.75, 3.05) is 20.3 Å². The molecule has 2 unspecified atom stereocenters. The number of hydrogen-bond acceptors (Lipinski definition) is 5. The van der Waals surface area contributed by atoms with E-state index in [-0.39, 0.29) is 24.8 Å². The molecule has 0 radical (unpaired) electrons. The number of aliphatic hydroxyl groups excluding tert-OH is 1. The number of esters is 1. The predicted octanol–water partition coefficient (Wildman–Crippen LogP) is 3.51. The lowest BCUT2D eigenvalue weighted by Crippen LogP contribution is -2.32. The summed E-state index contributed by atoms with van der Waals surface area (Å²) in [5.74, 6) is 0.0750. The standard InChI is InChI=1S/C21H24F3NO4/c1-14(10-15-6-8-18(9-7-15)29-13-20(27)28-2)25-12-19(26)16-4-3-5-17(11-16)21(22,23)24/h3-9,11,14,19,25-26H,10,12-13H2,1-2H3. The van der Waals surface area contributed by atoms with E-state index in [9.17, 15) is 23.1 Å². The van der Waals surface area contributed by atoms with Gasteiger partial charge in [-0.15, -0.1) is 0 Å². The molecular formula is C21H24F3NO4. The van der Waals surface area contributed by atoms with Crippen molar-refractivity contribution in [2.24, 2.45) is 0 Å². The summed E-state index contributed by atoms with van der Waals surface area (Å²) in [6.07, 6.45) is -4.84. The lowest BCUT2D eigenvalue weighted by Gasteiger charge is -2.18. The molecule has 2 atom stereocenters. The minimum absolute atomic E-state index is 0.0164. The molecule has 2 aromatic rings. The first-order valence-corrected chi connectivity index (χ1v) is 9.06. The third kappa shape index (κ3) is 7.40. The van der Waals surface area contributed by atoms with Crippen molar-refractivity contribution in [3.63, 3.8) is 0 Å². The summed E-state index contributed by atoms with van der Waals surface area (Å²) in [7, 11) is 1.28. The molecule has 0 bridgehead atoms. The van der Waals surface area contributed by atoms with E-state index in [1.165, 1.54) is 19.2 Å². The maximum Gasteiger partial charge on any atom is 0.416 e. The smallest absolute Gasteiger partial charge is 0.416 e. The van der Waals surface area contributed by atoms with Crippen LogP contribution >= 0.6 is 0 Å². The van der Waals surface area contributed by atoms with Gasteiger partial charge in [-0.2, -0.15) is 13.2 Å². The number of alkyl halides is 3. The molecule has 158 valence electrons. The predicted molar refractivity (Wildman–Crippen MR) is 102 cm³/mol. The molecule has 8 heteroatoms. The van der Waals surface area contributed by atoms with Crippen LogP contribution < -0.4 is 10.1 Å². The second-order valence-corrected chi connectivity index (χ2v) is 6.66. The van der Waals surface area contributed by atoms with Gasteiger partial charge in [0.1, 0.15) is 5.75 Å². The van der Waals surface area contributed by atoms with Gasteiger partial charge in [0.15, 0.2) is 6.61 Å². The normalized spacial score (nSPS) is 13.6. The van der Waals surface area contributed by atoms with Crippen molar-refractivity contribution >= 4 is 5.97 Å². The maximum absolute atomic E-state index is 12.8. The Hall–Kier alpha value is -2.58. The van der Waals surface area contributed by atoms with Crippen LogP contribution in [-0.4, -0.2) is 37.4 Å². The van der Waals surface area contributed by atoms with E-state index in [0.29, 0.717) is 12.2 Å². The van der Waals surface area contributed by atoms with Gasteiger partial charge in [0.05, 0.1) is 18.8 Å². The second-order valence-electron chi connectivity index (χ2n) is 6.66. The van der Waals surface area contributed by atoms with Gasteiger partial charge in [-0.05, 0) is 48.7 Å². The first kappa shape index (κ1) is 22.7. The van der Waals surface area contributed by atoms with E-state index in [1.54, 1.807) is 12.1 Å². The number of nitrogens with one attached hydrogen (secondary N) is 1. The van der Waals surface area contributed by atoms with Crippen LogP contribution in [0.2, 0.25) is 0 Å². The van der Waals surface area contributed by atoms with Crippen molar-refractivity contribution in [3.05, 3.63) is 65.2 Å². The summed E-state index contributed by atoms with van der Waals surface area (Å²) in [6.45, 7) is 1.88. The average molecular weight is 411 g/mol. The quantitative estimate of drug-likeness (QED) is 0.618. The monoisotopic (exact) mass is 411 g/mol. The number of carbonyl (C=O) groups is 1. The Morgan fingerprint density at radius 1 is 1.17 bits per heavy atom. The molecule has 0 aliphatic carbocycles. The zero-order chi connectivity index (χ0) is 21.4. The van der Waals surface area contributed by atoms with E-state index in [0.717, 1.165) is 17.7 Å². The van der Waals surface area contributed by atoms with Crippen molar-refractivity contribution in [2.45, 2.75) is 31.7 Å². The minimum Gasteiger partial charge on any atom is -0.482 e. The largest absolute Gasteiger partial charge is 0.482 e. The van der Waals surface area contributed by atoms with Crippen LogP contribution in [0.5, 0.6) is 5.75 Å². The van der Waals surface area contributed by atoms with Crippen molar-refractivity contribution in [1.82, 2.24) is 5.32 Å². The van der Waals surface area contributed by atoms with E-state index >= 15 is 0 Å².